The summed E-state index contributed by atoms with van der Waals surface area (Å²) in [5, 5.41) is 2.61. The van der Waals surface area contributed by atoms with Crippen molar-refractivity contribution in [1.29, 1.82) is 0 Å². The molecule has 2 saturated heterocycles. The molecule has 9 nitrogen and oxygen atoms in total. The number of carbonyl (C=O) groups is 1. The van der Waals surface area contributed by atoms with Gasteiger partial charge in [0.1, 0.15) is 5.60 Å². The lowest BCUT2D eigenvalue weighted by atomic mass is 9.89. The first-order valence-corrected chi connectivity index (χ1v) is 16.4. The van der Waals surface area contributed by atoms with Crippen LogP contribution in [0.15, 0.2) is 66.5 Å². The van der Waals surface area contributed by atoms with Crippen LogP contribution in [0, 0.1) is 5.92 Å². The summed E-state index contributed by atoms with van der Waals surface area (Å²) in [7, 11) is 1.77. The summed E-state index contributed by atoms with van der Waals surface area (Å²) in [6.07, 6.45) is 7.11. The quantitative estimate of drug-likeness (QED) is 0.162. The van der Waals surface area contributed by atoms with Crippen molar-refractivity contribution in [3.63, 3.8) is 0 Å². The molecule has 4 heterocycles. The number of fused-ring (bicyclic) bond motifs is 3. The number of pyridine rings is 1. The number of allylic oxidation sites excluding steroid dienone is 1. The number of piperidine rings is 1. The van der Waals surface area contributed by atoms with Crippen molar-refractivity contribution in [1.82, 2.24) is 19.9 Å². The van der Waals surface area contributed by atoms with E-state index in [-0.39, 0.29) is 6.09 Å². The van der Waals surface area contributed by atoms with E-state index in [1.54, 1.807) is 7.05 Å². The fourth-order valence-electron chi connectivity index (χ4n) is 6.50. The van der Waals surface area contributed by atoms with Gasteiger partial charge in [-0.1, -0.05) is 36.4 Å². The van der Waals surface area contributed by atoms with Crippen molar-refractivity contribution < 1.29 is 14.3 Å². The van der Waals surface area contributed by atoms with Crippen LogP contribution < -0.4 is 11.6 Å². The third-order valence-corrected chi connectivity index (χ3v) is 8.78. The molecule has 0 bridgehead atoms. The smallest absolute Gasteiger partial charge is 0.410 e. The van der Waals surface area contributed by atoms with E-state index in [4.69, 9.17) is 26.0 Å². The summed E-state index contributed by atoms with van der Waals surface area (Å²) >= 11 is 0. The second kappa shape index (κ2) is 14.6. The second-order valence-corrected chi connectivity index (χ2v) is 13.7. The predicted molar refractivity (Wildman–Crippen MR) is 186 cm³/mol. The Morgan fingerprint density at radius 3 is 2.37 bits per heavy atom. The zero-order valence-corrected chi connectivity index (χ0v) is 28.0. The first kappa shape index (κ1) is 33.3. The molecule has 2 fully saturated rings. The minimum atomic E-state index is -0.472. The minimum Gasteiger partial charge on any atom is -0.444 e. The van der Waals surface area contributed by atoms with Gasteiger partial charge in [0.2, 0.25) is 0 Å². The fourth-order valence-corrected chi connectivity index (χ4v) is 6.50. The normalized spacial score (nSPS) is 17.0. The van der Waals surface area contributed by atoms with E-state index in [0.29, 0.717) is 24.7 Å². The number of hydrogen-bond donors (Lipinski definition) is 3. The lowest BCUT2D eigenvalue weighted by Crippen LogP contribution is -2.41. The highest BCUT2D eigenvalue weighted by Crippen LogP contribution is 2.33. The van der Waals surface area contributed by atoms with Gasteiger partial charge in [-0.3, -0.25) is 4.98 Å². The fraction of sp³-hybridized carbons (Fsp3) is 0.459. The third-order valence-electron chi connectivity index (χ3n) is 8.78. The van der Waals surface area contributed by atoms with Gasteiger partial charge < -0.3 is 30.1 Å². The van der Waals surface area contributed by atoms with Gasteiger partial charge in [-0.15, -0.1) is 0 Å². The zero-order chi connectivity index (χ0) is 32.8. The molecule has 2 aromatic heterocycles. The van der Waals surface area contributed by atoms with Crippen LogP contribution in [0.5, 0.6) is 0 Å². The van der Waals surface area contributed by atoms with Gasteiger partial charge in [0.05, 0.1) is 16.7 Å². The number of aromatic amines is 1. The minimum absolute atomic E-state index is 0.225. The number of aromatic nitrogens is 2. The maximum atomic E-state index is 12.4. The standard InChI is InChI=1S/C25H34N6O2.C12H16O/c1-15(26)23(30(5)27)18-13-21-22(28-14-18)19-12-17(6-7-20(19)29-21)16-8-10-31(11-9-16)24(32)33-25(2,3)4;1-2-4-11(5-3-1)10-12-6-8-13-9-7-12/h6-7,12-14,16,29H,8-11,26-27H2,1-5H3;1-5,12H,6-10H2/b23-15-;. The predicted octanol–water partition coefficient (Wildman–Crippen LogP) is 6.94. The van der Waals surface area contributed by atoms with Gasteiger partial charge in [0, 0.05) is 61.7 Å². The van der Waals surface area contributed by atoms with Gasteiger partial charge in [-0.05, 0) is 101 Å². The van der Waals surface area contributed by atoms with Crippen LogP contribution in [0.3, 0.4) is 0 Å². The van der Waals surface area contributed by atoms with Crippen LogP contribution in [0.1, 0.15) is 76.0 Å². The zero-order valence-electron chi connectivity index (χ0n) is 28.0. The molecule has 0 saturated carbocycles. The van der Waals surface area contributed by atoms with Crippen molar-refractivity contribution in [3.8, 4) is 0 Å². The van der Waals surface area contributed by atoms with Crippen LogP contribution in [-0.4, -0.2) is 64.9 Å². The Morgan fingerprint density at radius 1 is 1.04 bits per heavy atom. The largest absolute Gasteiger partial charge is 0.444 e. The average Bonchev–Trinajstić information content (AvgIpc) is 3.38. The van der Waals surface area contributed by atoms with Crippen molar-refractivity contribution in [2.24, 2.45) is 17.5 Å². The first-order chi connectivity index (χ1) is 22.0. The molecule has 0 spiro atoms. The van der Waals surface area contributed by atoms with Crippen molar-refractivity contribution in [2.45, 2.75) is 71.3 Å². The Kier molecular flexibility index (Phi) is 10.5. The number of H-pyrrole nitrogens is 1. The summed E-state index contributed by atoms with van der Waals surface area (Å²) in [5.74, 6) is 7.22. The van der Waals surface area contributed by atoms with E-state index in [1.165, 1.54) is 35.4 Å². The summed E-state index contributed by atoms with van der Waals surface area (Å²) < 4.78 is 10.9. The molecule has 2 aliphatic rings. The molecule has 0 unspecified atom stereocenters. The number of benzene rings is 2. The van der Waals surface area contributed by atoms with Gasteiger partial charge in [0.25, 0.3) is 0 Å². The van der Waals surface area contributed by atoms with Gasteiger partial charge in [-0.2, -0.15) is 0 Å². The molecule has 1 amide bonds. The van der Waals surface area contributed by atoms with E-state index >= 15 is 0 Å². The highest BCUT2D eigenvalue weighted by molar-refractivity contribution is 6.05. The molecule has 4 aromatic rings. The molecule has 0 atom stereocenters. The molecule has 0 radical (unpaired) electrons. The van der Waals surface area contributed by atoms with Gasteiger partial charge >= 0.3 is 6.09 Å². The van der Waals surface area contributed by atoms with Crippen molar-refractivity contribution in [2.75, 3.05) is 33.4 Å². The summed E-state index contributed by atoms with van der Waals surface area (Å²) in [4.78, 5) is 22.4. The Hall–Kier alpha value is -4.08. The maximum absolute atomic E-state index is 12.4. The van der Waals surface area contributed by atoms with Gasteiger partial charge in [0.15, 0.2) is 0 Å². The summed E-state index contributed by atoms with van der Waals surface area (Å²) in [6.45, 7) is 10.8. The molecular weight excluding hydrogens is 576 g/mol. The number of likely N-dealkylation sites (tertiary alicyclic amines) is 1. The number of hydrazine groups is 1. The van der Waals surface area contributed by atoms with E-state index in [1.807, 2.05) is 44.9 Å². The number of nitrogens with zero attached hydrogens (tertiary/aromatic N) is 3. The van der Waals surface area contributed by atoms with Crippen LogP contribution in [0.2, 0.25) is 0 Å². The number of carbonyl (C=O) groups excluding carboxylic acids is 1. The molecule has 246 valence electrons. The number of amides is 1. The number of hydrogen-bond acceptors (Lipinski definition) is 7. The van der Waals surface area contributed by atoms with Crippen LogP contribution in [0.25, 0.3) is 27.6 Å². The SMILES string of the molecule is C/C(N)=C(\c1cnc2c(c1)[nH]c1ccc(C3CCN(C(=O)OC(C)(C)C)CC3)cc12)N(C)N.c1ccc(CC2CCOCC2)cc1. The Labute approximate surface area is 272 Å². The van der Waals surface area contributed by atoms with Crippen molar-refractivity contribution >= 4 is 33.7 Å². The van der Waals surface area contributed by atoms with E-state index in [0.717, 1.165) is 65.2 Å². The van der Waals surface area contributed by atoms with E-state index < -0.39 is 5.60 Å². The molecule has 0 aliphatic carbocycles. The molecule has 5 N–H and O–H groups in total. The third kappa shape index (κ3) is 8.39. The Morgan fingerprint density at radius 2 is 1.74 bits per heavy atom. The van der Waals surface area contributed by atoms with Crippen molar-refractivity contribution in [3.05, 3.63) is 83.2 Å². The Balaban J connectivity index is 0.000000266. The maximum Gasteiger partial charge on any atom is 0.410 e. The number of nitrogens with one attached hydrogen (secondary N) is 1. The van der Waals surface area contributed by atoms with Crippen LogP contribution >= 0.6 is 0 Å². The van der Waals surface area contributed by atoms with Gasteiger partial charge in [-0.25, -0.2) is 10.6 Å². The van der Waals surface area contributed by atoms with E-state index in [2.05, 4.69) is 53.5 Å². The topological polar surface area (TPSA) is 123 Å². The number of rotatable bonds is 5. The lowest BCUT2D eigenvalue weighted by molar-refractivity contribution is 0.0205. The Bertz CT molecular complexity index is 1640. The average molecular weight is 627 g/mol. The summed E-state index contributed by atoms with van der Waals surface area (Å²) in [5.41, 5.74) is 13.5. The number of ether oxygens (including phenoxy) is 2. The second-order valence-electron chi connectivity index (χ2n) is 13.7. The molecule has 2 aliphatic heterocycles. The highest BCUT2D eigenvalue weighted by Gasteiger charge is 2.28. The van der Waals surface area contributed by atoms with Crippen LogP contribution in [0.4, 0.5) is 4.79 Å². The molecule has 46 heavy (non-hydrogen) atoms. The molecule has 2 aromatic carbocycles. The molecule has 9 heteroatoms. The van der Waals surface area contributed by atoms with E-state index in [9.17, 15) is 4.79 Å². The lowest BCUT2D eigenvalue weighted by Gasteiger charge is -2.33. The molecule has 6 rings (SSSR count). The summed E-state index contributed by atoms with van der Waals surface area (Å²) in [6, 6.07) is 19.3. The van der Waals surface area contributed by atoms with Crippen LogP contribution in [-0.2, 0) is 15.9 Å². The molecular formula is C37H50N6O3. The first-order valence-electron chi connectivity index (χ1n) is 16.4. The number of nitrogens with two attached hydrogens (primary N) is 2. The highest BCUT2D eigenvalue weighted by atomic mass is 16.6. The monoisotopic (exact) mass is 626 g/mol.